The van der Waals surface area contributed by atoms with Crippen molar-refractivity contribution in [3.8, 4) is 17.2 Å². The Labute approximate surface area is 146 Å². The molecule has 1 aliphatic rings. The Hall–Kier alpha value is -2.73. The first-order valence-electron chi connectivity index (χ1n) is 8.14. The molecule has 0 spiro atoms. The first kappa shape index (κ1) is 17.1. The lowest BCUT2D eigenvalue weighted by molar-refractivity contribution is -0.139. The highest BCUT2D eigenvalue weighted by atomic mass is 16.6. The van der Waals surface area contributed by atoms with Crippen LogP contribution >= 0.6 is 0 Å². The fourth-order valence-electron chi connectivity index (χ4n) is 2.77. The third kappa shape index (κ3) is 4.22. The van der Waals surface area contributed by atoms with E-state index in [9.17, 15) is 9.90 Å². The van der Waals surface area contributed by atoms with Crippen LogP contribution in [0.25, 0.3) is 0 Å². The van der Waals surface area contributed by atoms with Crippen LogP contribution in [0.4, 0.5) is 0 Å². The van der Waals surface area contributed by atoms with Crippen LogP contribution < -0.4 is 19.5 Å². The molecule has 0 fully saturated rings. The molecule has 0 saturated carbocycles. The summed E-state index contributed by atoms with van der Waals surface area (Å²) in [5, 5.41) is 12.6. The molecule has 6 nitrogen and oxygen atoms in total. The van der Waals surface area contributed by atoms with Gasteiger partial charge in [-0.1, -0.05) is 30.3 Å². The molecule has 0 aromatic heterocycles. The monoisotopic (exact) mass is 343 g/mol. The summed E-state index contributed by atoms with van der Waals surface area (Å²) in [5.41, 5.74) is 1.85. The molecule has 6 heteroatoms. The number of ether oxygens (including phenoxy) is 3. The summed E-state index contributed by atoms with van der Waals surface area (Å²) in [7, 11) is 1.57. The van der Waals surface area contributed by atoms with Gasteiger partial charge in [-0.15, -0.1) is 0 Å². The smallest absolute Gasteiger partial charge is 0.321 e. The van der Waals surface area contributed by atoms with Crippen LogP contribution in [0.5, 0.6) is 17.2 Å². The molecule has 25 heavy (non-hydrogen) atoms. The molecule has 1 heterocycles. The summed E-state index contributed by atoms with van der Waals surface area (Å²) in [6.07, 6.45) is 0.415. The molecule has 2 N–H and O–H groups in total. The number of benzene rings is 2. The molecule has 0 unspecified atom stereocenters. The van der Waals surface area contributed by atoms with E-state index in [2.05, 4.69) is 5.32 Å². The van der Waals surface area contributed by atoms with Crippen LogP contribution in [-0.4, -0.2) is 37.4 Å². The fraction of sp³-hybridized carbons (Fsp3) is 0.316. The number of carbonyl (C=O) groups is 1. The van der Waals surface area contributed by atoms with E-state index in [1.807, 2.05) is 42.5 Å². The summed E-state index contributed by atoms with van der Waals surface area (Å²) < 4.78 is 16.5. The van der Waals surface area contributed by atoms with Crippen LogP contribution in [0.3, 0.4) is 0 Å². The molecule has 0 aliphatic carbocycles. The lowest BCUT2D eigenvalue weighted by Crippen LogP contribution is -2.38. The SMILES string of the molecule is COc1cc(CN[C@@H](Cc2ccccc2)C(=O)O)cc2c1OCCO2. The van der Waals surface area contributed by atoms with Crippen molar-refractivity contribution in [1.29, 1.82) is 0 Å². The minimum absolute atomic E-state index is 0.386. The van der Waals surface area contributed by atoms with Gasteiger partial charge in [-0.05, 0) is 29.7 Å². The molecule has 3 rings (SSSR count). The summed E-state index contributed by atoms with van der Waals surface area (Å²) in [6.45, 7) is 1.36. The minimum Gasteiger partial charge on any atom is -0.493 e. The highest BCUT2D eigenvalue weighted by Gasteiger charge is 2.21. The molecule has 0 bridgehead atoms. The summed E-state index contributed by atoms with van der Waals surface area (Å²) >= 11 is 0. The van der Waals surface area contributed by atoms with Crippen LogP contribution in [0.1, 0.15) is 11.1 Å². The second kappa shape index (κ2) is 7.90. The Morgan fingerprint density at radius 2 is 1.96 bits per heavy atom. The Morgan fingerprint density at radius 1 is 1.20 bits per heavy atom. The average molecular weight is 343 g/mol. The molecule has 132 valence electrons. The molecular weight excluding hydrogens is 322 g/mol. The van der Waals surface area contributed by atoms with E-state index < -0.39 is 12.0 Å². The van der Waals surface area contributed by atoms with Crippen molar-refractivity contribution in [2.24, 2.45) is 0 Å². The highest BCUT2D eigenvalue weighted by Crippen LogP contribution is 2.40. The normalized spacial score (nSPS) is 14.0. The van der Waals surface area contributed by atoms with Crippen molar-refractivity contribution >= 4 is 5.97 Å². The van der Waals surface area contributed by atoms with E-state index in [4.69, 9.17) is 14.2 Å². The second-order valence-electron chi connectivity index (χ2n) is 5.78. The minimum atomic E-state index is -0.881. The van der Waals surface area contributed by atoms with Crippen molar-refractivity contribution in [2.45, 2.75) is 19.0 Å². The number of hydrogen-bond donors (Lipinski definition) is 2. The molecule has 0 radical (unpaired) electrons. The predicted molar refractivity (Wildman–Crippen MR) is 92.4 cm³/mol. The van der Waals surface area contributed by atoms with Gasteiger partial charge in [-0.3, -0.25) is 4.79 Å². The predicted octanol–water partition coefficient (Wildman–Crippen LogP) is 2.25. The van der Waals surface area contributed by atoms with Gasteiger partial charge in [0.1, 0.15) is 19.3 Å². The average Bonchev–Trinajstić information content (AvgIpc) is 2.65. The maximum Gasteiger partial charge on any atom is 0.321 e. The van der Waals surface area contributed by atoms with Crippen molar-refractivity contribution in [3.05, 3.63) is 53.6 Å². The summed E-state index contributed by atoms with van der Waals surface area (Å²) in [5.74, 6) is 0.922. The molecule has 0 saturated heterocycles. The van der Waals surface area contributed by atoms with Crippen LogP contribution in [0.15, 0.2) is 42.5 Å². The number of carboxylic acids is 1. The maximum atomic E-state index is 11.5. The topological polar surface area (TPSA) is 77.0 Å². The van der Waals surface area contributed by atoms with Gasteiger partial charge in [-0.2, -0.15) is 0 Å². The van der Waals surface area contributed by atoms with Gasteiger partial charge in [0.25, 0.3) is 0 Å². The van der Waals surface area contributed by atoms with E-state index in [1.54, 1.807) is 7.11 Å². The van der Waals surface area contributed by atoms with Crippen molar-refractivity contribution in [1.82, 2.24) is 5.32 Å². The number of nitrogens with one attached hydrogen (secondary N) is 1. The Balaban J connectivity index is 1.71. The van der Waals surface area contributed by atoms with E-state index in [-0.39, 0.29) is 0 Å². The van der Waals surface area contributed by atoms with Crippen molar-refractivity contribution < 1.29 is 24.1 Å². The number of rotatable bonds is 7. The number of hydrogen-bond acceptors (Lipinski definition) is 5. The van der Waals surface area contributed by atoms with E-state index in [1.165, 1.54) is 0 Å². The van der Waals surface area contributed by atoms with E-state index in [0.717, 1.165) is 11.1 Å². The van der Waals surface area contributed by atoms with E-state index >= 15 is 0 Å². The zero-order valence-electron chi connectivity index (χ0n) is 14.0. The van der Waals surface area contributed by atoms with Crippen molar-refractivity contribution in [3.63, 3.8) is 0 Å². The van der Waals surface area contributed by atoms with Crippen molar-refractivity contribution in [2.75, 3.05) is 20.3 Å². The van der Waals surface area contributed by atoms with Gasteiger partial charge >= 0.3 is 5.97 Å². The Morgan fingerprint density at radius 3 is 2.68 bits per heavy atom. The van der Waals surface area contributed by atoms with Crippen LogP contribution in [0.2, 0.25) is 0 Å². The molecule has 0 amide bonds. The fourth-order valence-corrected chi connectivity index (χ4v) is 2.77. The zero-order chi connectivity index (χ0) is 17.6. The third-order valence-corrected chi connectivity index (χ3v) is 4.02. The van der Waals surface area contributed by atoms with Gasteiger partial charge in [-0.25, -0.2) is 0 Å². The lowest BCUT2D eigenvalue weighted by Gasteiger charge is -2.22. The zero-order valence-corrected chi connectivity index (χ0v) is 14.0. The molecular formula is C19H21NO5. The Bertz CT molecular complexity index is 715. The molecule has 1 aliphatic heterocycles. The largest absolute Gasteiger partial charge is 0.493 e. The number of aliphatic carboxylic acids is 1. The quantitative estimate of drug-likeness (QED) is 0.803. The first-order chi connectivity index (χ1) is 12.2. The van der Waals surface area contributed by atoms with Gasteiger partial charge in [0.2, 0.25) is 5.75 Å². The standard InChI is InChI=1S/C19H21NO5/c1-23-16-10-14(11-17-18(16)25-8-7-24-17)12-20-15(19(21)22)9-13-5-3-2-4-6-13/h2-6,10-11,15,20H,7-9,12H2,1H3,(H,21,22)/t15-/m0/s1. The molecule has 2 aromatic rings. The summed E-state index contributed by atoms with van der Waals surface area (Å²) in [6, 6.07) is 12.6. The van der Waals surface area contributed by atoms with Crippen LogP contribution in [-0.2, 0) is 17.8 Å². The number of carboxylic acid groups (broad SMARTS) is 1. The van der Waals surface area contributed by atoms with E-state index in [0.29, 0.717) is 43.4 Å². The molecule has 2 aromatic carbocycles. The van der Waals surface area contributed by atoms with Crippen LogP contribution in [0, 0.1) is 0 Å². The Kier molecular flexibility index (Phi) is 5.40. The van der Waals surface area contributed by atoms with Gasteiger partial charge in [0.15, 0.2) is 11.5 Å². The van der Waals surface area contributed by atoms with Gasteiger partial charge in [0.05, 0.1) is 7.11 Å². The first-order valence-corrected chi connectivity index (χ1v) is 8.14. The lowest BCUT2D eigenvalue weighted by atomic mass is 10.1. The maximum absolute atomic E-state index is 11.5. The second-order valence-corrected chi connectivity index (χ2v) is 5.78. The highest BCUT2D eigenvalue weighted by molar-refractivity contribution is 5.74. The van der Waals surface area contributed by atoms with Gasteiger partial charge in [0, 0.05) is 6.54 Å². The number of fused-ring (bicyclic) bond motifs is 1. The number of methoxy groups -OCH3 is 1. The van der Waals surface area contributed by atoms with Gasteiger partial charge < -0.3 is 24.6 Å². The molecule has 1 atom stereocenters. The third-order valence-electron chi connectivity index (χ3n) is 4.02. The summed E-state index contributed by atoms with van der Waals surface area (Å²) in [4.78, 5) is 11.5.